The molecule has 16 heavy (non-hydrogen) atoms. The van der Waals surface area contributed by atoms with E-state index < -0.39 is 0 Å². The molecule has 1 aromatic heterocycles. The Bertz CT molecular complexity index is 321. The Labute approximate surface area is 97.5 Å². The van der Waals surface area contributed by atoms with Crippen molar-refractivity contribution in [3.63, 3.8) is 0 Å². The van der Waals surface area contributed by atoms with Gasteiger partial charge in [0.05, 0.1) is 6.10 Å². The topological polar surface area (TPSA) is 37.2 Å². The summed E-state index contributed by atoms with van der Waals surface area (Å²) >= 11 is 0. The van der Waals surface area contributed by atoms with Gasteiger partial charge in [0.25, 0.3) is 0 Å². The molecule has 2 rings (SSSR count). The largest absolute Gasteiger partial charge is 0.393 e. The van der Waals surface area contributed by atoms with Gasteiger partial charge in [-0.25, -0.2) is 0 Å². The number of aliphatic hydroxyl groups is 1. The van der Waals surface area contributed by atoms with Gasteiger partial charge in [-0.3, -0.25) is 0 Å². The van der Waals surface area contributed by atoms with Gasteiger partial charge in [0.2, 0.25) is 0 Å². The van der Waals surface area contributed by atoms with Crippen LogP contribution in [0.1, 0.15) is 31.2 Å². The van der Waals surface area contributed by atoms with E-state index in [1.54, 1.807) is 0 Å². The van der Waals surface area contributed by atoms with Crippen molar-refractivity contribution in [2.24, 2.45) is 13.0 Å². The minimum absolute atomic E-state index is 0.0581. The monoisotopic (exact) mass is 222 g/mol. The highest BCUT2D eigenvalue weighted by molar-refractivity contribution is 5.09. The van der Waals surface area contributed by atoms with Gasteiger partial charge >= 0.3 is 0 Å². The van der Waals surface area contributed by atoms with Crippen LogP contribution in [0.4, 0.5) is 0 Å². The lowest BCUT2D eigenvalue weighted by Crippen LogP contribution is -2.28. The van der Waals surface area contributed by atoms with Crippen molar-refractivity contribution in [1.82, 2.24) is 9.88 Å². The fourth-order valence-corrected chi connectivity index (χ4v) is 2.53. The second-order valence-corrected chi connectivity index (χ2v) is 5.00. The third kappa shape index (κ3) is 3.35. The molecule has 0 saturated heterocycles. The molecule has 0 aromatic carbocycles. The van der Waals surface area contributed by atoms with Crippen LogP contribution in [0.25, 0.3) is 0 Å². The maximum Gasteiger partial charge on any atom is 0.0543 e. The fraction of sp³-hybridized carbons (Fsp3) is 0.692. The molecule has 0 radical (unpaired) electrons. The summed E-state index contributed by atoms with van der Waals surface area (Å²) in [6.07, 6.45) is 8.57. The summed E-state index contributed by atoms with van der Waals surface area (Å²) in [5, 5.41) is 13.0. The van der Waals surface area contributed by atoms with E-state index in [0.29, 0.717) is 5.92 Å². The second kappa shape index (κ2) is 5.51. The molecule has 1 aliphatic rings. The van der Waals surface area contributed by atoms with Crippen LogP contribution in [-0.2, 0) is 13.6 Å². The summed E-state index contributed by atoms with van der Waals surface area (Å²) in [4.78, 5) is 0. The molecule has 3 heteroatoms. The summed E-state index contributed by atoms with van der Waals surface area (Å²) in [6.45, 7) is 1.97. The normalized spacial score (nSPS) is 25.9. The molecule has 2 unspecified atom stereocenters. The standard InChI is InChI=1S/C13H22N2O/c1-15-6-5-12(10-15)9-14-8-11-3-2-4-13(16)7-11/h5-6,10-11,13-14,16H,2-4,7-9H2,1H3. The van der Waals surface area contributed by atoms with E-state index in [-0.39, 0.29) is 6.10 Å². The van der Waals surface area contributed by atoms with E-state index in [2.05, 4.69) is 28.3 Å². The Morgan fingerprint density at radius 2 is 2.38 bits per heavy atom. The van der Waals surface area contributed by atoms with Crippen LogP contribution in [0.2, 0.25) is 0 Å². The lowest BCUT2D eigenvalue weighted by Gasteiger charge is -2.25. The first-order valence-corrected chi connectivity index (χ1v) is 6.23. The highest BCUT2D eigenvalue weighted by atomic mass is 16.3. The Morgan fingerprint density at radius 3 is 3.06 bits per heavy atom. The molecule has 0 amide bonds. The lowest BCUT2D eigenvalue weighted by molar-refractivity contribution is 0.101. The highest BCUT2D eigenvalue weighted by Gasteiger charge is 2.19. The fourth-order valence-electron chi connectivity index (χ4n) is 2.53. The molecule has 3 nitrogen and oxygen atoms in total. The third-order valence-corrected chi connectivity index (χ3v) is 3.41. The van der Waals surface area contributed by atoms with Crippen LogP contribution in [0.3, 0.4) is 0 Å². The van der Waals surface area contributed by atoms with Crippen molar-refractivity contribution in [3.05, 3.63) is 24.0 Å². The summed E-state index contributed by atoms with van der Waals surface area (Å²) in [6, 6.07) is 2.14. The van der Waals surface area contributed by atoms with Crippen LogP contribution < -0.4 is 5.32 Å². The average Bonchev–Trinajstić information content (AvgIpc) is 2.64. The molecule has 1 aromatic rings. The van der Waals surface area contributed by atoms with E-state index in [9.17, 15) is 5.11 Å². The van der Waals surface area contributed by atoms with Gasteiger partial charge < -0.3 is 15.0 Å². The molecule has 1 aliphatic carbocycles. The molecule has 0 aliphatic heterocycles. The van der Waals surface area contributed by atoms with Crippen molar-refractivity contribution in [1.29, 1.82) is 0 Å². The summed E-state index contributed by atoms with van der Waals surface area (Å²) < 4.78 is 2.07. The van der Waals surface area contributed by atoms with Gasteiger partial charge in [-0.2, -0.15) is 0 Å². The number of nitrogens with zero attached hydrogens (tertiary/aromatic N) is 1. The minimum atomic E-state index is -0.0581. The molecule has 2 atom stereocenters. The van der Waals surface area contributed by atoms with Crippen molar-refractivity contribution in [2.75, 3.05) is 6.54 Å². The van der Waals surface area contributed by atoms with Crippen LogP contribution in [0.5, 0.6) is 0 Å². The predicted molar refractivity (Wildman–Crippen MR) is 65.1 cm³/mol. The van der Waals surface area contributed by atoms with Crippen molar-refractivity contribution in [3.8, 4) is 0 Å². The second-order valence-electron chi connectivity index (χ2n) is 5.00. The first-order chi connectivity index (χ1) is 7.74. The molecular weight excluding hydrogens is 200 g/mol. The number of rotatable bonds is 4. The number of aryl methyl sites for hydroxylation is 1. The van der Waals surface area contributed by atoms with E-state index in [1.165, 1.54) is 18.4 Å². The molecule has 1 heterocycles. The predicted octanol–water partition coefficient (Wildman–Crippen LogP) is 1.67. The molecular formula is C13H22N2O. The number of aliphatic hydroxyl groups excluding tert-OH is 1. The van der Waals surface area contributed by atoms with Gasteiger partial charge in [0.1, 0.15) is 0 Å². The molecule has 0 spiro atoms. The number of hydrogen-bond donors (Lipinski definition) is 2. The van der Waals surface area contributed by atoms with E-state index >= 15 is 0 Å². The number of nitrogens with one attached hydrogen (secondary N) is 1. The number of aromatic nitrogens is 1. The maximum absolute atomic E-state index is 9.57. The average molecular weight is 222 g/mol. The molecule has 0 bridgehead atoms. The first-order valence-electron chi connectivity index (χ1n) is 6.23. The van der Waals surface area contributed by atoms with Gasteiger partial charge in [-0.15, -0.1) is 0 Å². The molecule has 2 N–H and O–H groups in total. The number of hydrogen-bond acceptors (Lipinski definition) is 2. The third-order valence-electron chi connectivity index (χ3n) is 3.41. The van der Waals surface area contributed by atoms with E-state index in [0.717, 1.165) is 25.9 Å². The first kappa shape index (κ1) is 11.7. The minimum Gasteiger partial charge on any atom is -0.393 e. The quantitative estimate of drug-likeness (QED) is 0.813. The Morgan fingerprint density at radius 1 is 1.50 bits per heavy atom. The van der Waals surface area contributed by atoms with Crippen LogP contribution >= 0.6 is 0 Å². The summed E-state index contributed by atoms with van der Waals surface area (Å²) in [7, 11) is 2.04. The Hall–Kier alpha value is -0.800. The van der Waals surface area contributed by atoms with Crippen molar-refractivity contribution >= 4 is 0 Å². The van der Waals surface area contributed by atoms with Gasteiger partial charge in [-0.05, 0) is 43.4 Å². The molecule has 90 valence electrons. The van der Waals surface area contributed by atoms with Gasteiger partial charge in [-0.1, -0.05) is 6.42 Å². The molecule has 1 saturated carbocycles. The van der Waals surface area contributed by atoms with Gasteiger partial charge in [0, 0.05) is 26.0 Å². The van der Waals surface area contributed by atoms with E-state index in [1.807, 2.05) is 7.05 Å². The van der Waals surface area contributed by atoms with Crippen molar-refractivity contribution in [2.45, 2.75) is 38.3 Å². The van der Waals surface area contributed by atoms with Crippen LogP contribution in [-0.4, -0.2) is 22.3 Å². The van der Waals surface area contributed by atoms with E-state index in [4.69, 9.17) is 0 Å². The Kier molecular flexibility index (Phi) is 4.02. The van der Waals surface area contributed by atoms with Gasteiger partial charge in [0.15, 0.2) is 0 Å². The lowest BCUT2D eigenvalue weighted by atomic mass is 9.87. The summed E-state index contributed by atoms with van der Waals surface area (Å²) in [5.74, 6) is 0.660. The highest BCUT2D eigenvalue weighted by Crippen LogP contribution is 2.23. The Balaban J connectivity index is 1.67. The maximum atomic E-state index is 9.57. The van der Waals surface area contributed by atoms with Crippen molar-refractivity contribution < 1.29 is 5.11 Å². The zero-order chi connectivity index (χ0) is 11.4. The smallest absolute Gasteiger partial charge is 0.0543 e. The zero-order valence-corrected chi connectivity index (χ0v) is 10.0. The van der Waals surface area contributed by atoms with Crippen LogP contribution in [0, 0.1) is 5.92 Å². The summed E-state index contributed by atoms with van der Waals surface area (Å²) in [5.41, 5.74) is 1.33. The molecule has 1 fully saturated rings. The SMILES string of the molecule is Cn1ccc(CNCC2CCCC(O)C2)c1. The van der Waals surface area contributed by atoms with Crippen LogP contribution in [0.15, 0.2) is 18.5 Å². The zero-order valence-electron chi connectivity index (χ0n) is 10.0.